The van der Waals surface area contributed by atoms with Crippen molar-refractivity contribution in [2.45, 2.75) is 78.1 Å². The quantitative estimate of drug-likeness (QED) is 0.619. The molecule has 0 bridgehead atoms. The maximum atomic E-state index is 12.2. The second-order valence-corrected chi connectivity index (χ2v) is 9.74. The minimum absolute atomic E-state index is 0.0165. The Morgan fingerprint density at radius 3 is 2.67 bits per heavy atom. The van der Waals surface area contributed by atoms with Crippen LogP contribution in [0.1, 0.15) is 82.9 Å². The Morgan fingerprint density at radius 2 is 1.97 bits per heavy atom. The van der Waals surface area contributed by atoms with E-state index in [1.807, 2.05) is 0 Å². The second kappa shape index (κ2) is 8.86. The number of carbonyl (C=O) groups is 2. The molecule has 6 nitrogen and oxygen atoms in total. The number of urea groups is 1. The first-order chi connectivity index (χ1) is 14.2. The second-order valence-electron chi connectivity index (χ2n) is 9.74. The molecule has 1 aromatic carbocycles. The number of amides is 3. The van der Waals surface area contributed by atoms with Gasteiger partial charge < -0.3 is 10.1 Å². The Balaban J connectivity index is 1.70. The molecule has 1 saturated carbocycles. The van der Waals surface area contributed by atoms with Crippen molar-refractivity contribution in [2.24, 2.45) is 11.3 Å². The summed E-state index contributed by atoms with van der Waals surface area (Å²) in [5.41, 5.74) is 9.20. The molecule has 0 radical (unpaired) electrons. The van der Waals surface area contributed by atoms with Gasteiger partial charge in [-0.3, -0.25) is 0 Å². The number of carbonyl (C=O) groups excluding carboxylic acids is 2. The maximum Gasteiger partial charge on any atom is 0.426 e. The predicted molar refractivity (Wildman–Crippen MR) is 118 cm³/mol. The van der Waals surface area contributed by atoms with Gasteiger partial charge in [-0.25, -0.2) is 20.4 Å². The van der Waals surface area contributed by atoms with Crippen molar-refractivity contribution in [3.05, 3.63) is 34.9 Å². The van der Waals surface area contributed by atoms with Crippen molar-refractivity contribution in [1.82, 2.24) is 16.2 Å². The molecule has 0 aromatic heterocycles. The smallest absolute Gasteiger partial charge is 0.426 e. The Hall–Kier alpha value is -2.24. The average molecular weight is 416 g/mol. The van der Waals surface area contributed by atoms with Crippen LogP contribution >= 0.6 is 0 Å². The van der Waals surface area contributed by atoms with Gasteiger partial charge in [-0.1, -0.05) is 52.3 Å². The van der Waals surface area contributed by atoms with E-state index in [-0.39, 0.29) is 17.4 Å². The Bertz CT molecular complexity index is 794. The van der Waals surface area contributed by atoms with Gasteiger partial charge in [0.2, 0.25) is 0 Å². The number of ether oxygens (including phenoxy) is 1. The van der Waals surface area contributed by atoms with E-state index in [4.69, 9.17) is 4.74 Å². The lowest BCUT2D eigenvalue weighted by molar-refractivity contribution is 0.0277. The van der Waals surface area contributed by atoms with Crippen molar-refractivity contribution in [3.8, 4) is 0 Å². The number of nitrogens with one attached hydrogen (secondary N) is 3. The minimum Gasteiger partial charge on any atom is -0.449 e. The van der Waals surface area contributed by atoms with Crippen molar-refractivity contribution < 1.29 is 14.3 Å². The summed E-state index contributed by atoms with van der Waals surface area (Å²) in [6.45, 7) is 11.8. The molecule has 0 aliphatic heterocycles. The fourth-order valence-corrected chi connectivity index (χ4v) is 5.82. The molecular formula is C24H37N3O3. The summed E-state index contributed by atoms with van der Waals surface area (Å²) in [7, 11) is 0. The van der Waals surface area contributed by atoms with Crippen molar-refractivity contribution in [1.29, 1.82) is 0 Å². The number of hydrogen-bond acceptors (Lipinski definition) is 3. The zero-order chi connectivity index (χ0) is 21.9. The molecule has 3 amide bonds. The highest BCUT2D eigenvalue weighted by molar-refractivity contribution is 5.77. The summed E-state index contributed by atoms with van der Waals surface area (Å²) in [6.07, 6.45) is 5.03. The summed E-state index contributed by atoms with van der Waals surface area (Å²) < 4.78 is 4.75. The van der Waals surface area contributed by atoms with Crippen LogP contribution in [0.15, 0.2) is 18.2 Å². The highest BCUT2D eigenvalue weighted by Crippen LogP contribution is 2.57. The van der Waals surface area contributed by atoms with Crippen molar-refractivity contribution in [2.75, 3.05) is 13.2 Å². The van der Waals surface area contributed by atoms with Crippen LogP contribution < -0.4 is 16.2 Å². The van der Waals surface area contributed by atoms with Crippen molar-refractivity contribution in [3.63, 3.8) is 0 Å². The maximum absolute atomic E-state index is 12.2. The van der Waals surface area contributed by atoms with Gasteiger partial charge in [0.1, 0.15) is 0 Å². The van der Waals surface area contributed by atoms with Crippen LogP contribution in [0.5, 0.6) is 0 Å². The van der Waals surface area contributed by atoms with E-state index in [1.165, 1.54) is 23.1 Å². The zero-order valence-electron chi connectivity index (χ0n) is 19.1. The number of fused-ring (bicyclic) bond motifs is 3. The lowest BCUT2D eigenvalue weighted by Crippen LogP contribution is -2.55. The number of rotatable bonds is 4. The van der Waals surface area contributed by atoms with Crippen LogP contribution in [0.25, 0.3) is 0 Å². The predicted octanol–water partition coefficient (Wildman–Crippen LogP) is 4.78. The molecule has 0 unspecified atom stereocenters. The first kappa shape index (κ1) is 22.4. The van der Waals surface area contributed by atoms with Crippen LogP contribution in [0.3, 0.4) is 0 Å². The standard InChI is InChI=1S/C24H37N3O3/c1-6-30-22(29)27-26-21(28)25-15-23(4)12-7-13-24(5)19-10-8-17(16(2)3)14-18(19)9-11-20(23)24/h8,10,14,16,20H,6-7,9,11-13,15H2,1-5H3,(H,27,29)(H2,25,26,28)/t20-,23-,24+/m1/s1. The Morgan fingerprint density at radius 1 is 1.20 bits per heavy atom. The zero-order valence-corrected chi connectivity index (χ0v) is 19.1. The van der Waals surface area contributed by atoms with E-state index >= 15 is 0 Å². The number of aryl methyl sites for hydroxylation is 1. The van der Waals surface area contributed by atoms with E-state index in [2.05, 4.69) is 62.1 Å². The first-order valence-corrected chi connectivity index (χ1v) is 11.3. The molecule has 3 N–H and O–H groups in total. The van der Waals surface area contributed by atoms with E-state index in [0.717, 1.165) is 25.7 Å². The molecule has 3 atom stereocenters. The fraction of sp³-hybridized carbons (Fsp3) is 0.667. The molecule has 2 aliphatic carbocycles. The summed E-state index contributed by atoms with van der Waals surface area (Å²) in [5.74, 6) is 1.05. The van der Waals surface area contributed by atoms with E-state index in [9.17, 15) is 9.59 Å². The topological polar surface area (TPSA) is 79.5 Å². The third-order valence-electron chi connectivity index (χ3n) is 7.37. The lowest BCUT2D eigenvalue weighted by Gasteiger charge is -2.55. The Kier molecular flexibility index (Phi) is 6.63. The normalized spacial score (nSPS) is 27.6. The summed E-state index contributed by atoms with van der Waals surface area (Å²) in [5, 5.41) is 2.97. The van der Waals surface area contributed by atoms with Gasteiger partial charge in [0.15, 0.2) is 0 Å². The highest BCUT2D eigenvalue weighted by Gasteiger charge is 2.51. The monoisotopic (exact) mass is 415 g/mol. The number of benzene rings is 1. The lowest BCUT2D eigenvalue weighted by atomic mass is 9.49. The van der Waals surface area contributed by atoms with Gasteiger partial charge in [-0.2, -0.15) is 0 Å². The molecule has 0 spiro atoms. The molecule has 1 fully saturated rings. The van der Waals surface area contributed by atoms with Crippen LogP contribution in [0.2, 0.25) is 0 Å². The van der Waals surface area contributed by atoms with Crippen LogP contribution in [0, 0.1) is 11.3 Å². The average Bonchev–Trinajstić information content (AvgIpc) is 2.70. The molecule has 0 saturated heterocycles. The van der Waals surface area contributed by atoms with Gasteiger partial charge in [0.25, 0.3) is 0 Å². The van der Waals surface area contributed by atoms with Gasteiger partial charge in [-0.15, -0.1) is 0 Å². The highest BCUT2D eigenvalue weighted by atomic mass is 16.6. The van der Waals surface area contributed by atoms with Gasteiger partial charge in [-0.05, 0) is 72.0 Å². The molecular weight excluding hydrogens is 378 g/mol. The SMILES string of the molecule is CCOC(=O)NNC(=O)NC[C@@]1(C)CCC[C@@]2(C)c3ccc(C(C)C)cc3CC[C@H]12. The number of hydrogen-bond donors (Lipinski definition) is 3. The molecule has 6 heteroatoms. The molecule has 2 aliphatic rings. The van der Waals surface area contributed by atoms with E-state index in [1.54, 1.807) is 6.92 Å². The number of hydrazine groups is 1. The van der Waals surface area contributed by atoms with E-state index < -0.39 is 12.1 Å². The third-order valence-corrected chi connectivity index (χ3v) is 7.37. The third kappa shape index (κ3) is 4.42. The molecule has 0 heterocycles. The fourth-order valence-electron chi connectivity index (χ4n) is 5.82. The van der Waals surface area contributed by atoms with Crippen LogP contribution in [-0.2, 0) is 16.6 Å². The molecule has 1 aromatic rings. The molecule has 30 heavy (non-hydrogen) atoms. The molecule has 3 rings (SSSR count). The van der Waals surface area contributed by atoms with Gasteiger partial charge >= 0.3 is 12.1 Å². The van der Waals surface area contributed by atoms with Crippen LogP contribution in [0.4, 0.5) is 9.59 Å². The van der Waals surface area contributed by atoms with Gasteiger partial charge in [0.05, 0.1) is 6.61 Å². The summed E-state index contributed by atoms with van der Waals surface area (Å²) in [4.78, 5) is 23.5. The first-order valence-electron chi connectivity index (χ1n) is 11.3. The van der Waals surface area contributed by atoms with E-state index in [0.29, 0.717) is 18.4 Å². The largest absolute Gasteiger partial charge is 0.449 e. The Labute approximate surface area is 180 Å². The van der Waals surface area contributed by atoms with Gasteiger partial charge in [0, 0.05) is 6.54 Å². The van der Waals surface area contributed by atoms with Crippen molar-refractivity contribution >= 4 is 12.1 Å². The van der Waals surface area contributed by atoms with Crippen LogP contribution in [-0.4, -0.2) is 25.3 Å². The molecule has 166 valence electrons. The minimum atomic E-state index is -0.659. The summed E-state index contributed by atoms with van der Waals surface area (Å²) >= 11 is 0. The summed E-state index contributed by atoms with van der Waals surface area (Å²) in [6, 6.07) is 6.68.